The van der Waals surface area contributed by atoms with Crippen LogP contribution in [0.5, 0.6) is 0 Å². The van der Waals surface area contributed by atoms with Crippen molar-refractivity contribution < 1.29 is 132 Å². The van der Waals surface area contributed by atoms with Gasteiger partial charge in [-0.05, 0) is 19.9 Å². The van der Waals surface area contributed by atoms with Gasteiger partial charge in [-0.1, -0.05) is 5.04 Å². The summed E-state index contributed by atoms with van der Waals surface area (Å²) in [6.45, 7) is -0.272. The van der Waals surface area contributed by atoms with Crippen molar-refractivity contribution in [1.29, 1.82) is 0 Å². The molecule has 11 N–H and O–H groups in total. The number of aliphatic carboxylic acids is 1. The maximum atomic E-state index is 12.1. The predicted octanol–water partition coefficient (Wildman–Crippen LogP) is -5.18. The first-order valence-corrected chi connectivity index (χ1v) is 19.7. The third-order valence-electron chi connectivity index (χ3n) is 8.93. The Hall–Kier alpha value is -1.23. The molecule has 32 heteroatoms. The molecule has 0 radical (unpaired) electrons. The number of carbonyl (C=O) groups is 1. The molecule has 0 aromatic carbocycles. The van der Waals surface area contributed by atoms with Crippen LogP contribution in [0.4, 0.5) is 0 Å². The summed E-state index contributed by atoms with van der Waals surface area (Å²) < 4.78 is 123. The van der Waals surface area contributed by atoms with Gasteiger partial charge in [0.2, 0.25) is 12.0 Å². The van der Waals surface area contributed by atoms with Crippen LogP contribution in [-0.2, 0) is 80.7 Å². The van der Waals surface area contributed by atoms with Crippen molar-refractivity contribution >= 4 is 52.6 Å². The van der Waals surface area contributed by atoms with Crippen molar-refractivity contribution in [2.24, 2.45) is 11.8 Å². The molecule has 0 spiro atoms. The number of aliphatic hydroxyl groups is 7. The van der Waals surface area contributed by atoms with Crippen molar-refractivity contribution in [2.75, 3.05) is 19.8 Å². The quantitative estimate of drug-likeness (QED) is 0.0190. The molecule has 0 saturated carbocycles. The molecule has 0 aromatic rings. The summed E-state index contributed by atoms with van der Waals surface area (Å²) in [4.78, 5) is 11.4. The molecule has 340 valence electrons. The van der Waals surface area contributed by atoms with Gasteiger partial charge in [-0.25, -0.2) is 18.4 Å². The van der Waals surface area contributed by atoms with Gasteiger partial charge in [0.15, 0.2) is 37.3 Å². The van der Waals surface area contributed by atoms with Gasteiger partial charge >= 0.3 is 26.8 Å². The van der Waals surface area contributed by atoms with E-state index in [1.165, 1.54) is 13.8 Å². The summed E-state index contributed by atoms with van der Waals surface area (Å²) in [5.41, 5.74) is 0. The molecule has 0 aliphatic carbocycles. The number of rotatable bonds is 19. The minimum atomic E-state index is -5.45. The molecule has 4 heterocycles. The maximum Gasteiger partial charge on any atom is 0.397 e. The Balaban J connectivity index is 0.00000900. The normalized spacial score (nSPS) is 40.3. The number of hydrogen-bond donors (Lipinski definition) is 11. The van der Waals surface area contributed by atoms with E-state index in [1.54, 1.807) is 0 Å². The molecule has 3 fully saturated rings. The zero-order chi connectivity index (χ0) is 42.6. The van der Waals surface area contributed by atoms with Crippen molar-refractivity contribution in [2.45, 2.75) is 112 Å². The van der Waals surface area contributed by atoms with Crippen molar-refractivity contribution in [3.05, 3.63) is 11.8 Å². The fourth-order valence-corrected chi connectivity index (χ4v) is 7.35. The second-order valence-electron chi connectivity index (χ2n) is 12.8. The molecule has 18 atom stereocenters. The Labute approximate surface area is 339 Å². The molecule has 0 bridgehead atoms. The lowest BCUT2D eigenvalue weighted by Crippen LogP contribution is -2.62. The number of ether oxygens (including phenoxy) is 7. The van der Waals surface area contributed by atoms with Gasteiger partial charge in [-0.15, -0.1) is 4.33 Å². The predicted molar refractivity (Wildman–Crippen MR) is 182 cm³/mol. The van der Waals surface area contributed by atoms with Crippen LogP contribution in [-0.4, -0.2) is 196 Å². The van der Waals surface area contributed by atoms with E-state index < -0.39 is 163 Å². The van der Waals surface area contributed by atoms with E-state index in [0.717, 1.165) is 0 Å². The first-order chi connectivity index (χ1) is 26.5. The first-order valence-electron chi connectivity index (χ1n) is 16.3. The van der Waals surface area contributed by atoms with Crippen LogP contribution in [0.25, 0.3) is 0 Å². The number of carboxylic acids is 1. The summed E-state index contributed by atoms with van der Waals surface area (Å²) >= 11 is -0.186. The Kier molecular flexibility index (Phi) is 19.1. The lowest BCUT2D eigenvalue weighted by molar-refractivity contribution is -0.435. The lowest BCUT2D eigenvalue weighted by Gasteiger charge is -2.46. The third-order valence-corrected chi connectivity index (χ3v) is 10.3. The summed E-state index contributed by atoms with van der Waals surface area (Å²) in [5.74, 6) is -5.47. The minimum absolute atomic E-state index is 0. The van der Waals surface area contributed by atoms with Gasteiger partial charge in [-0.2, -0.15) is 30.3 Å². The third kappa shape index (κ3) is 13.4. The highest BCUT2D eigenvalue weighted by Gasteiger charge is 2.55. The largest absolute Gasteiger partial charge is 0.475 e. The highest BCUT2D eigenvalue weighted by Crippen LogP contribution is 2.38. The highest BCUT2D eigenvalue weighted by atomic mass is 32.3. The van der Waals surface area contributed by atoms with Crippen LogP contribution < -0.4 is 0 Å². The Bertz CT molecular complexity index is 1570. The first kappa shape index (κ1) is 51.1. The fraction of sp³-hybridized carbons (Fsp3) is 0.885. The number of carboxylic acid groups (broad SMARTS) is 1. The standard InChI is InChI=1S/C26H42O28S3.H2S/c1-7(27)18-16(31)17(32)25(49-18)50-19-8(2)46-26(21(51-55-54-53-36)20(19)52-57(40,41)42)44-4-9-10(23(35)47-13(14(9)29)6-45-56(37,38)39)5-43-24-15(30)11(28)3-12(48-24)22(33)34;/h3,7-11,13-21,23-32,35-36H,4-6H2,1-2H3,(H,33,34)(H,37,38,39)(H,40,41,42);1H2/t7?,8?,9-,10?,11+,13?,14-,15?,16+,17?,18+,19+,20-,21?,23-,24+,25-,26+;/m0./s1. The second kappa shape index (κ2) is 21.7. The van der Waals surface area contributed by atoms with Gasteiger partial charge in [0.1, 0.15) is 48.8 Å². The molecule has 0 aromatic heterocycles. The molecule has 3 saturated heterocycles. The summed E-state index contributed by atoms with van der Waals surface area (Å²) in [7, 11) is -10.6. The fourth-order valence-electron chi connectivity index (χ4n) is 6.19. The smallest absolute Gasteiger partial charge is 0.397 e. The molecular formula is C26H44O28S4. The van der Waals surface area contributed by atoms with Crippen LogP contribution in [0.3, 0.4) is 0 Å². The summed E-state index contributed by atoms with van der Waals surface area (Å²) in [5, 5.41) is 94.8. The Morgan fingerprint density at radius 2 is 1.47 bits per heavy atom. The van der Waals surface area contributed by atoms with Crippen LogP contribution in [0, 0.1) is 11.8 Å². The monoisotopic (exact) mass is 932 g/mol. The van der Waals surface area contributed by atoms with E-state index in [9.17, 15) is 67.0 Å². The number of hydrogen-bond acceptors (Lipinski definition) is 26. The molecule has 4 rings (SSSR count). The zero-order valence-corrected chi connectivity index (χ0v) is 33.1. The zero-order valence-electron chi connectivity index (χ0n) is 29.7. The van der Waals surface area contributed by atoms with Crippen molar-refractivity contribution in [1.82, 2.24) is 0 Å². The van der Waals surface area contributed by atoms with Gasteiger partial charge in [0.25, 0.3) is 0 Å². The molecule has 7 unspecified atom stereocenters. The lowest BCUT2D eigenvalue weighted by atomic mass is 9.83. The van der Waals surface area contributed by atoms with Crippen LogP contribution >= 0.6 is 25.8 Å². The van der Waals surface area contributed by atoms with Gasteiger partial charge in [0, 0.05) is 11.8 Å². The summed E-state index contributed by atoms with van der Waals surface area (Å²) in [6.07, 6.45) is -27.8. The van der Waals surface area contributed by atoms with Crippen LogP contribution in [0.2, 0.25) is 0 Å². The van der Waals surface area contributed by atoms with E-state index in [2.05, 4.69) is 13.6 Å². The van der Waals surface area contributed by atoms with Crippen molar-refractivity contribution in [3.63, 3.8) is 0 Å². The highest BCUT2D eigenvalue weighted by molar-refractivity contribution is 7.89. The van der Waals surface area contributed by atoms with E-state index in [4.69, 9.17) is 51.3 Å². The second-order valence-corrected chi connectivity index (χ2v) is 15.4. The molecule has 0 amide bonds. The van der Waals surface area contributed by atoms with Crippen LogP contribution in [0.1, 0.15) is 13.8 Å². The number of aliphatic hydroxyl groups excluding tert-OH is 7. The van der Waals surface area contributed by atoms with Gasteiger partial charge < -0.3 is 74.0 Å². The molecule has 58 heavy (non-hydrogen) atoms. The van der Waals surface area contributed by atoms with Gasteiger partial charge in [-0.3, -0.25) is 13.3 Å². The maximum absolute atomic E-state index is 12.1. The van der Waals surface area contributed by atoms with E-state index >= 15 is 0 Å². The SMILES string of the molecule is CC(O)[C@H]1O[C@@H](O[C@@H]2C(C)O[C@@H](OC[C@H]3C(CO[C@@H]4OC(C(=O)O)=C[C@@H](O)C4O)[C@@H](O)OC(COS(=O)(=O)O)[C@H]3O)C(OSOOO)[C@H]2OS(=O)(=O)O)C(O)[C@H]1O.S. The van der Waals surface area contributed by atoms with Crippen LogP contribution in [0.15, 0.2) is 11.8 Å². The topological polar surface area (TPSA) is 419 Å². The van der Waals surface area contributed by atoms with E-state index in [0.29, 0.717) is 6.08 Å². The van der Waals surface area contributed by atoms with E-state index in [1.807, 2.05) is 0 Å². The minimum Gasteiger partial charge on any atom is -0.475 e. The molecule has 4 aliphatic rings. The summed E-state index contributed by atoms with van der Waals surface area (Å²) in [6, 6.07) is 0. The average Bonchev–Trinajstić information content (AvgIpc) is 3.39. The van der Waals surface area contributed by atoms with Crippen molar-refractivity contribution in [3.8, 4) is 0 Å². The Morgan fingerprint density at radius 1 is 0.828 bits per heavy atom. The molecule has 4 aliphatic heterocycles. The Morgan fingerprint density at radius 3 is 2.03 bits per heavy atom. The molecular weight excluding hydrogens is 889 g/mol. The average molecular weight is 933 g/mol. The van der Waals surface area contributed by atoms with Gasteiger partial charge in [0.05, 0.1) is 38.1 Å². The molecule has 28 nitrogen and oxygen atoms in total. The van der Waals surface area contributed by atoms with E-state index in [-0.39, 0.29) is 25.8 Å².